The zero-order valence-electron chi connectivity index (χ0n) is 8.80. The van der Waals surface area contributed by atoms with E-state index in [0.717, 1.165) is 4.90 Å². The van der Waals surface area contributed by atoms with Gasteiger partial charge in [0.05, 0.1) is 6.54 Å². The van der Waals surface area contributed by atoms with E-state index in [-0.39, 0.29) is 18.9 Å². The molecule has 1 fully saturated rings. The molecule has 0 bridgehead atoms. The van der Waals surface area contributed by atoms with Gasteiger partial charge in [0.15, 0.2) is 0 Å². The van der Waals surface area contributed by atoms with Gasteiger partial charge in [-0.05, 0) is 12.5 Å². The third kappa shape index (κ3) is 3.62. The molecule has 6 heteroatoms. The molecule has 0 saturated carbocycles. The lowest BCUT2D eigenvalue weighted by atomic mass is 10.2. The molecule has 88 valence electrons. The molecule has 1 aliphatic rings. The van der Waals surface area contributed by atoms with Crippen molar-refractivity contribution in [1.29, 1.82) is 0 Å². The van der Waals surface area contributed by atoms with Gasteiger partial charge in [0.2, 0.25) is 0 Å². The molecule has 0 aromatic heterocycles. The minimum atomic E-state index is -2.73. The lowest BCUT2D eigenvalue weighted by Gasteiger charge is -2.18. The van der Waals surface area contributed by atoms with Gasteiger partial charge in [-0.1, -0.05) is 6.92 Å². The van der Waals surface area contributed by atoms with E-state index in [9.17, 15) is 13.6 Å². The molecule has 15 heavy (non-hydrogen) atoms. The summed E-state index contributed by atoms with van der Waals surface area (Å²) in [6.07, 6.45) is -0.243. The van der Waals surface area contributed by atoms with E-state index in [0.29, 0.717) is 13.1 Å². The number of hydrogen-bond acceptors (Lipinski definition) is 2. The second kappa shape index (κ2) is 4.74. The molecule has 0 aromatic rings. The molecule has 3 N–H and O–H groups in total. The molecule has 0 aromatic carbocycles. The van der Waals surface area contributed by atoms with Crippen molar-refractivity contribution in [3.05, 3.63) is 0 Å². The van der Waals surface area contributed by atoms with Gasteiger partial charge >= 0.3 is 6.03 Å². The zero-order valence-corrected chi connectivity index (χ0v) is 8.80. The Bertz CT molecular complexity index is 235. The number of nitrogens with zero attached hydrogens (tertiary/aromatic N) is 1. The molecule has 0 spiro atoms. The van der Waals surface area contributed by atoms with Crippen molar-refractivity contribution < 1.29 is 13.6 Å². The Balaban J connectivity index is 2.30. The summed E-state index contributed by atoms with van der Waals surface area (Å²) in [7, 11) is 0. The van der Waals surface area contributed by atoms with Crippen molar-refractivity contribution in [3.63, 3.8) is 0 Å². The first-order valence-corrected chi connectivity index (χ1v) is 5.05. The lowest BCUT2D eigenvalue weighted by molar-refractivity contribution is 0.0153. The number of nitrogens with two attached hydrogens (primary N) is 1. The fourth-order valence-corrected chi connectivity index (χ4v) is 1.37. The second-order valence-electron chi connectivity index (χ2n) is 4.05. The Kier molecular flexibility index (Phi) is 3.84. The van der Waals surface area contributed by atoms with Crippen LogP contribution in [0.3, 0.4) is 0 Å². The summed E-state index contributed by atoms with van der Waals surface area (Å²) < 4.78 is 25.6. The van der Waals surface area contributed by atoms with Gasteiger partial charge in [0, 0.05) is 19.5 Å². The fourth-order valence-electron chi connectivity index (χ4n) is 1.37. The Morgan fingerprint density at radius 2 is 2.33 bits per heavy atom. The molecule has 1 atom stereocenters. The van der Waals surface area contributed by atoms with Gasteiger partial charge in [-0.25, -0.2) is 13.6 Å². The number of nitrogens with one attached hydrogen (secondary N) is 1. The summed E-state index contributed by atoms with van der Waals surface area (Å²) >= 11 is 0. The number of likely N-dealkylation sites (tertiary alicyclic amines) is 1. The number of urea groups is 1. The average Bonchev–Trinajstić information content (AvgIpc) is 2.54. The van der Waals surface area contributed by atoms with Crippen molar-refractivity contribution in [1.82, 2.24) is 10.2 Å². The Morgan fingerprint density at radius 3 is 2.80 bits per heavy atom. The van der Waals surface area contributed by atoms with Crippen LogP contribution in [0.15, 0.2) is 0 Å². The molecule has 0 aliphatic carbocycles. The molecule has 1 unspecified atom stereocenters. The Morgan fingerprint density at radius 1 is 1.67 bits per heavy atom. The van der Waals surface area contributed by atoms with Crippen LogP contribution in [-0.4, -0.2) is 43.0 Å². The highest BCUT2D eigenvalue weighted by Gasteiger charge is 2.40. The molecule has 1 saturated heterocycles. The van der Waals surface area contributed by atoms with Crippen LogP contribution < -0.4 is 11.1 Å². The van der Waals surface area contributed by atoms with Crippen LogP contribution in [0.1, 0.15) is 13.3 Å². The summed E-state index contributed by atoms with van der Waals surface area (Å²) in [5.74, 6) is -2.56. The second-order valence-corrected chi connectivity index (χ2v) is 4.05. The van der Waals surface area contributed by atoms with Crippen molar-refractivity contribution in [2.24, 2.45) is 11.7 Å². The number of carbonyl (C=O) groups is 1. The first-order valence-electron chi connectivity index (χ1n) is 5.05. The summed E-state index contributed by atoms with van der Waals surface area (Å²) in [6, 6.07) is -0.424. The van der Waals surface area contributed by atoms with Gasteiger partial charge in [-0.15, -0.1) is 0 Å². The van der Waals surface area contributed by atoms with Crippen LogP contribution in [-0.2, 0) is 0 Å². The largest absolute Gasteiger partial charge is 0.338 e. The fraction of sp³-hybridized carbons (Fsp3) is 0.889. The normalized spacial score (nSPS) is 21.5. The van der Waals surface area contributed by atoms with E-state index in [2.05, 4.69) is 5.32 Å². The Hall–Kier alpha value is -0.910. The topological polar surface area (TPSA) is 58.4 Å². The SMILES string of the molecule is CC(CN)CNC(=O)N1CCC(F)(F)C1. The number of carbonyl (C=O) groups excluding carboxylic acids is 1. The zero-order chi connectivity index (χ0) is 11.5. The van der Waals surface area contributed by atoms with E-state index < -0.39 is 18.5 Å². The first-order chi connectivity index (χ1) is 6.94. The van der Waals surface area contributed by atoms with E-state index in [4.69, 9.17) is 5.73 Å². The van der Waals surface area contributed by atoms with Gasteiger partial charge in [0.1, 0.15) is 0 Å². The minimum absolute atomic E-state index is 0.121. The maximum atomic E-state index is 12.8. The molecular formula is C9H17F2N3O. The van der Waals surface area contributed by atoms with Crippen molar-refractivity contribution >= 4 is 6.03 Å². The van der Waals surface area contributed by atoms with E-state index >= 15 is 0 Å². The molecule has 1 aliphatic heterocycles. The minimum Gasteiger partial charge on any atom is -0.338 e. The number of amides is 2. The maximum absolute atomic E-state index is 12.8. The van der Waals surface area contributed by atoms with E-state index in [1.165, 1.54) is 0 Å². The predicted octanol–water partition coefficient (Wildman–Crippen LogP) is 0.632. The number of hydrogen-bond donors (Lipinski definition) is 2. The number of rotatable bonds is 3. The van der Waals surface area contributed by atoms with E-state index in [1.807, 2.05) is 6.92 Å². The van der Waals surface area contributed by atoms with Crippen LogP contribution in [0.2, 0.25) is 0 Å². The van der Waals surface area contributed by atoms with Crippen LogP contribution in [0.5, 0.6) is 0 Å². The van der Waals surface area contributed by atoms with Crippen molar-refractivity contribution in [2.45, 2.75) is 19.3 Å². The first kappa shape index (κ1) is 12.2. The highest BCUT2D eigenvalue weighted by molar-refractivity contribution is 5.74. The molecule has 4 nitrogen and oxygen atoms in total. The van der Waals surface area contributed by atoms with Gasteiger partial charge < -0.3 is 16.0 Å². The third-order valence-electron chi connectivity index (χ3n) is 2.46. The van der Waals surface area contributed by atoms with Gasteiger partial charge in [0.25, 0.3) is 5.92 Å². The van der Waals surface area contributed by atoms with Crippen LogP contribution in [0, 0.1) is 5.92 Å². The van der Waals surface area contributed by atoms with Crippen molar-refractivity contribution in [3.8, 4) is 0 Å². The molecular weight excluding hydrogens is 204 g/mol. The van der Waals surface area contributed by atoms with Gasteiger partial charge in [-0.3, -0.25) is 0 Å². The molecule has 2 amide bonds. The third-order valence-corrected chi connectivity index (χ3v) is 2.46. The predicted molar refractivity (Wildman–Crippen MR) is 52.8 cm³/mol. The van der Waals surface area contributed by atoms with Gasteiger partial charge in [-0.2, -0.15) is 0 Å². The quantitative estimate of drug-likeness (QED) is 0.734. The smallest absolute Gasteiger partial charge is 0.317 e. The Labute approximate surface area is 87.8 Å². The van der Waals surface area contributed by atoms with Crippen LogP contribution in [0.25, 0.3) is 0 Å². The molecule has 1 heterocycles. The maximum Gasteiger partial charge on any atom is 0.317 e. The van der Waals surface area contributed by atoms with Crippen molar-refractivity contribution in [2.75, 3.05) is 26.2 Å². The highest BCUT2D eigenvalue weighted by Crippen LogP contribution is 2.26. The number of halogens is 2. The monoisotopic (exact) mass is 221 g/mol. The summed E-state index contributed by atoms with van der Waals surface area (Å²) in [5.41, 5.74) is 5.37. The lowest BCUT2D eigenvalue weighted by Crippen LogP contribution is -2.42. The average molecular weight is 221 g/mol. The molecule has 0 radical (unpaired) electrons. The van der Waals surface area contributed by atoms with E-state index in [1.54, 1.807) is 0 Å². The molecule has 1 rings (SSSR count). The van der Waals surface area contributed by atoms with Crippen LogP contribution >= 0.6 is 0 Å². The number of alkyl halides is 2. The van der Waals surface area contributed by atoms with Crippen LogP contribution in [0.4, 0.5) is 13.6 Å². The summed E-state index contributed by atoms with van der Waals surface area (Å²) in [6.45, 7) is 2.43. The summed E-state index contributed by atoms with van der Waals surface area (Å²) in [5, 5.41) is 2.59. The standard InChI is InChI=1S/C9H17F2N3O/c1-7(4-12)5-13-8(15)14-3-2-9(10,11)6-14/h7H,2-6,12H2,1H3,(H,13,15). The summed E-state index contributed by atoms with van der Waals surface area (Å²) in [4.78, 5) is 12.5. The highest BCUT2D eigenvalue weighted by atomic mass is 19.3.